The van der Waals surface area contributed by atoms with Crippen molar-refractivity contribution >= 4 is 17.3 Å². The van der Waals surface area contributed by atoms with Gasteiger partial charge in [-0.1, -0.05) is 17.7 Å². The van der Waals surface area contributed by atoms with Gasteiger partial charge in [-0.05, 0) is 30.3 Å². The molecule has 0 amide bonds. The summed E-state index contributed by atoms with van der Waals surface area (Å²) in [6.07, 6.45) is 0. The molecule has 0 radical (unpaired) electrons. The van der Waals surface area contributed by atoms with Crippen molar-refractivity contribution in [2.45, 2.75) is 6.04 Å². The van der Waals surface area contributed by atoms with Crippen LogP contribution in [0.25, 0.3) is 0 Å². The van der Waals surface area contributed by atoms with Crippen LogP contribution in [0.2, 0.25) is 5.02 Å². The quantitative estimate of drug-likeness (QED) is 0.899. The average molecular weight is 301 g/mol. The largest absolute Gasteiger partial charge is 0.375 e. The summed E-state index contributed by atoms with van der Waals surface area (Å²) in [4.78, 5) is 0. The number of anilines is 1. The first-order valence-electron chi connectivity index (χ1n) is 5.88. The maximum atomic E-state index is 13.7. The Kier molecular flexibility index (Phi) is 4.52. The zero-order valence-electron chi connectivity index (χ0n) is 10.3. The lowest BCUT2D eigenvalue weighted by atomic mass is 10.0. The molecule has 0 fully saturated rings. The third-order valence-corrected chi connectivity index (χ3v) is 3.17. The van der Waals surface area contributed by atoms with Crippen molar-refractivity contribution in [1.82, 2.24) is 0 Å². The van der Waals surface area contributed by atoms with Crippen molar-refractivity contribution < 1.29 is 13.2 Å². The van der Waals surface area contributed by atoms with E-state index in [9.17, 15) is 13.2 Å². The Bertz CT molecular complexity index is 599. The Morgan fingerprint density at radius 2 is 1.75 bits per heavy atom. The molecule has 6 heteroatoms. The fourth-order valence-electron chi connectivity index (χ4n) is 1.89. The van der Waals surface area contributed by atoms with Gasteiger partial charge in [0.1, 0.15) is 17.5 Å². The molecule has 2 rings (SSSR count). The van der Waals surface area contributed by atoms with E-state index in [1.807, 2.05) is 0 Å². The Balaban J connectivity index is 2.36. The van der Waals surface area contributed by atoms with Crippen LogP contribution in [0.15, 0.2) is 36.4 Å². The maximum Gasteiger partial charge on any atom is 0.131 e. The molecule has 0 heterocycles. The smallest absolute Gasteiger partial charge is 0.131 e. The molecule has 0 aliphatic rings. The van der Waals surface area contributed by atoms with Crippen molar-refractivity contribution in [2.75, 3.05) is 11.9 Å². The molecule has 2 aromatic carbocycles. The summed E-state index contributed by atoms with van der Waals surface area (Å²) >= 11 is 5.91. The third-order valence-electron chi connectivity index (χ3n) is 2.84. The lowest BCUT2D eigenvalue weighted by Crippen LogP contribution is -2.23. The normalized spacial score (nSPS) is 12.2. The van der Waals surface area contributed by atoms with Crippen LogP contribution < -0.4 is 11.1 Å². The van der Waals surface area contributed by atoms with Crippen molar-refractivity contribution in [3.8, 4) is 0 Å². The highest BCUT2D eigenvalue weighted by molar-refractivity contribution is 6.33. The lowest BCUT2D eigenvalue weighted by Gasteiger charge is -2.20. The van der Waals surface area contributed by atoms with Gasteiger partial charge in [-0.2, -0.15) is 0 Å². The van der Waals surface area contributed by atoms with Gasteiger partial charge in [0.15, 0.2) is 0 Å². The standard InChI is InChI=1S/C14H12ClF3N2/c15-9-5-4-8(16)6-12(9)20-13(7-19)14-10(17)2-1-3-11(14)18/h1-6,13,20H,7,19H2. The van der Waals surface area contributed by atoms with E-state index in [0.717, 1.165) is 18.2 Å². The minimum absolute atomic E-state index is 0.0787. The van der Waals surface area contributed by atoms with Crippen LogP contribution in [0.1, 0.15) is 11.6 Å². The molecule has 106 valence electrons. The summed E-state index contributed by atoms with van der Waals surface area (Å²) in [5, 5.41) is 3.00. The predicted octanol–water partition coefficient (Wildman–Crippen LogP) is 3.87. The summed E-state index contributed by atoms with van der Waals surface area (Å²) in [6.45, 7) is -0.0787. The zero-order valence-corrected chi connectivity index (χ0v) is 11.1. The van der Waals surface area contributed by atoms with Crippen molar-refractivity contribution in [2.24, 2.45) is 5.73 Å². The lowest BCUT2D eigenvalue weighted by molar-refractivity contribution is 0.537. The molecule has 0 spiro atoms. The van der Waals surface area contributed by atoms with Crippen LogP contribution in [-0.2, 0) is 0 Å². The molecular weight excluding hydrogens is 289 g/mol. The molecule has 3 N–H and O–H groups in total. The molecular formula is C14H12ClF3N2. The molecule has 20 heavy (non-hydrogen) atoms. The summed E-state index contributed by atoms with van der Waals surface area (Å²) in [6, 6.07) is 6.36. The Morgan fingerprint density at radius 3 is 2.35 bits per heavy atom. The van der Waals surface area contributed by atoms with E-state index < -0.39 is 23.5 Å². The first-order valence-corrected chi connectivity index (χ1v) is 6.26. The van der Waals surface area contributed by atoms with E-state index in [1.54, 1.807) is 0 Å². The second-order valence-corrected chi connectivity index (χ2v) is 4.60. The van der Waals surface area contributed by atoms with Gasteiger partial charge in [-0.15, -0.1) is 0 Å². The topological polar surface area (TPSA) is 38.0 Å². The van der Waals surface area contributed by atoms with Gasteiger partial charge in [-0.3, -0.25) is 0 Å². The highest BCUT2D eigenvalue weighted by Gasteiger charge is 2.19. The monoisotopic (exact) mass is 300 g/mol. The molecule has 0 saturated carbocycles. The minimum Gasteiger partial charge on any atom is -0.375 e. The number of hydrogen-bond acceptors (Lipinski definition) is 2. The highest BCUT2D eigenvalue weighted by Crippen LogP contribution is 2.28. The molecule has 2 aromatic rings. The summed E-state index contributed by atoms with van der Waals surface area (Å²) in [5.74, 6) is -1.96. The van der Waals surface area contributed by atoms with E-state index in [4.69, 9.17) is 17.3 Å². The van der Waals surface area contributed by atoms with E-state index >= 15 is 0 Å². The van der Waals surface area contributed by atoms with Gasteiger partial charge < -0.3 is 11.1 Å². The van der Waals surface area contributed by atoms with Crippen LogP contribution in [0.3, 0.4) is 0 Å². The van der Waals surface area contributed by atoms with Gasteiger partial charge in [0.05, 0.1) is 16.8 Å². The Labute approximate surface area is 119 Å². The molecule has 0 bridgehead atoms. The number of nitrogens with two attached hydrogens (primary N) is 1. The second-order valence-electron chi connectivity index (χ2n) is 4.19. The maximum absolute atomic E-state index is 13.7. The second kappa shape index (κ2) is 6.15. The van der Waals surface area contributed by atoms with E-state index in [2.05, 4.69) is 5.32 Å². The summed E-state index contributed by atoms with van der Waals surface area (Å²) < 4.78 is 40.6. The van der Waals surface area contributed by atoms with E-state index in [0.29, 0.717) is 0 Å². The van der Waals surface area contributed by atoms with Gasteiger partial charge in [0.2, 0.25) is 0 Å². The van der Waals surface area contributed by atoms with Crippen LogP contribution in [0, 0.1) is 17.5 Å². The van der Waals surface area contributed by atoms with Crippen molar-refractivity contribution in [3.05, 3.63) is 64.4 Å². The van der Waals surface area contributed by atoms with E-state index in [1.165, 1.54) is 18.2 Å². The van der Waals surface area contributed by atoms with Gasteiger partial charge >= 0.3 is 0 Å². The average Bonchev–Trinajstić information content (AvgIpc) is 2.41. The van der Waals surface area contributed by atoms with Gasteiger partial charge in [0.25, 0.3) is 0 Å². The zero-order chi connectivity index (χ0) is 14.7. The first-order chi connectivity index (χ1) is 9.52. The Morgan fingerprint density at radius 1 is 1.10 bits per heavy atom. The fraction of sp³-hybridized carbons (Fsp3) is 0.143. The van der Waals surface area contributed by atoms with Gasteiger partial charge in [-0.25, -0.2) is 13.2 Å². The van der Waals surface area contributed by atoms with Crippen LogP contribution in [0.5, 0.6) is 0 Å². The third kappa shape index (κ3) is 3.05. The van der Waals surface area contributed by atoms with Crippen molar-refractivity contribution in [3.63, 3.8) is 0 Å². The summed E-state index contributed by atoms with van der Waals surface area (Å²) in [7, 11) is 0. The molecule has 0 aliphatic carbocycles. The SMILES string of the molecule is NCC(Nc1cc(F)ccc1Cl)c1c(F)cccc1F. The van der Waals surface area contributed by atoms with Crippen LogP contribution >= 0.6 is 11.6 Å². The molecule has 0 aromatic heterocycles. The number of hydrogen-bond donors (Lipinski definition) is 2. The molecule has 1 atom stereocenters. The number of halogens is 4. The molecule has 2 nitrogen and oxygen atoms in total. The fourth-order valence-corrected chi connectivity index (χ4v) is 2.06. The Hall–Kier alpha value is -1.72. The van der Waals surface area contributed by atoms with Crippen LogP contribution in [0.4, 0.5) is 18.9 Å². The molecule has 1 unspecified atom stereocenters. The van der Waals surface area contributed by atoms with Gasteiger partial charge in [0, 0.05) is 12.1 Å². The number of benzene rings is 2. The van der Waals surface area contributed by atoms with Crippen LogP contribution in [-0.4, -0.2) is 6.54 Å². The molecule has 0 aliphatic heterocycles. The van der Waals surface area contributed by atoms with E-state index in [-0.39, 0.29) is 22.8 Å². The summed E-state index contributed by atoms with van der Waals surface area (Å²) in [5.41, 5.74) is 5.57. The predicted molar refractivity (Wildman–Crippen MR) is 73.2 cm³/mol. The minimum atomic E-state index is -0.851. The molecule has 0 saturated heterocycles. The van der Waals surface area contributed by atoms with Crippen molar-refractivity contribution in [1.29, 1.82) is 0 Å². The highest BCUT2D eigenvalue weighted by atomic mass is 35.5. The first kappa shape index (κ1) is 14.7. The number of nitrogens with one attached hydrogen (secondary N) is 1. The number of rotatable bonds is 4.